The molecular weight excluding hydrogens is 238 g/mol. The molecule has 1 heterocycles. The lowest BCUT2D eigenvalue weighted by molar-refractivity contribution is -0.130. The van der Waals surface area contributed by atoms with Crippen LogP contribution in [0.5, 0.6) is 0 Å². The van der Waals surface area contributed by atoms with Crippen LogP contribution in [0.2, 0.25) is 5.02 Å². The van der Waals surface area contributed by atoms with Crippen LogP contribution < -0.4 is 4.90 Å². The van der Waals surface area contributed by atoms with E-state index in [0.29, 0.717) is 24.4 Å². The minimum absolute atomic E-state index is 0.0911. The predicted molar refractivity (Wildman–Crippen MR) is 66.4 cm³/mol. The number of aliphatic hydroxyl groups is 1. The Morgan fingerprint density at radius 3 is 2.82 bits per heavy atom. The molecule has 1 aromatic rings. The molecule has 0 saturated heterocycles. The third kappa shape index (κ3) is 1.24. The van der Waals surface area contributed by atoms with Gasteiger partial charge >= 0.3 is 0 Å². The highest BCUT2D eigenvalue weighted by molar-refractivity contribution is 6.33. The molecule has 0 aromatic heterocycles. The van der Waals surface area contributed by atoms with Gasteiger partial charge in [-0.3, -0.25) is 4.79 Å². The molecule has 17 heavy (non-hydrogen) atoms. The van der Waals surface area contributed by atoms with Gasteiger partial charge in [0, 0.05) is 22.8 Å². The number of aliphatic hydroxyl groups excluding tert-OH is 1. The van der Waals surface area contributed by atoms with Crippen LogP contribution in [-0.4, -0.2) is 23.7 Å². The number of carbonyl (C=O) groups excluding carboxylic acids is 1. The van der Waals surface area contributed by atoms with Crippen molar-refractivity contribution in [3.8, 4) is 0 Å². The monoisotopic (exact) mass is 251 g/mol. The van der Waals surface area contributed by atoms with Gasteiger partial charge in [0.15, 0.2) is 0 Å². The van der Waals surface area contributed by atoms with Gasteiger partial charge in [0.25, 0.3) is 0 Å². The third-order valence-corrected chi connectivity index (χ3v) is 4.21. The summed E-state index contributed by atoms with van der Waals surface area (Å²) in [6.07, 6.45) is 0.623. The second kappa shape index (κ2) is 3.47. The number of hydrogen-bond donors (Lipinski definition) is 1. The number of carbonyl (C=O) groups is 1. The molecule has 3 nitrogen and oxygen atoms in total. The number of fused-ring (bicyclic) bond motifs is 2. The first kappa shape index (κ1) is 11.1. The van der Waals surface area contributed by atoms with Gasteiger partial charge < -0.3 is 10.0 Å². The molecule has 2 aliphatic rings. The van der Waals surface area contributed by atoms with E-state index < -0.39 is 5.41 Å². The SMILES string of the molecule is CCN1C(=O)C2(CC(O)C2)c2c(Cl)cccc21. The van der Waals surface area contributed by atoms with Crippen LogP contribution in [0.15, 0.2) is 18.2 Å². The fraction of sp³-hybridized carbons (Fsp3) is 0.462. The molecule has 1 spiro atoms. The zero-order valence-corrected chi connectivity index (χ0v) is 10.4. The molecule has 1 saturated carbocycles. The Bertz CT molecular complexity index is 494. The van der Waals surface area contributed by atoms with Gasteiger partial charge in [-0.15, -0.1) is 0 Å². The summed E-state index contributed by atoms with van der Waals surface area (Å²) in [6, 6.07) is 5.62. The Hall–Kier alpha value is -1.06. The standard InChI is InChI=1S/C13H14ClNO2/c1-2-15-10-5-3-4-9(14)11(10)13(12(15)17)6-8(16)7-13/h3-5,8,16H,2,6-7H2,1H3. The summed E-state index contributed by atoms with van der Waals surface area (Å²) in [7, 11) is 0. The van der Waals surface area contributed by atoms with Gasteiger partial charge in [-0.05, 0) is 31.9 Å². The van der Waals surface area contributed by atoms with Crippen molar-refractivity contribution in [2.24, 2.45) is 0 Å². The minimum Gasteiger partial charge on any atom is -0.393 e. The van der Waals surface area contributed by atoms with Crippen molar-refractivity contribution >= 4 is 23.2 Å². The van der Waals surface area contributed by atoms with E-state index in [0.717, 1.165) is 11.3 Å². The Morgan fingerprint density at radius 1 is 1.53 bits per heavy atom. The summed E-state index contributed by atoms with van der Waals surface area (Å²) in [5.74, 6) is 0.0911. The van der Waals surface area contributed by atoms with Crippen LogP contribution in [0.1, 0.15) is 25.3 Å². The summed E-state index contributed by atoms with van der Waals surface area (Å²) >= 11 is 6.24. The largest absolute Gasteiger partial charge is 0.393 e. The van der Waals surface area contributed by atoms with Gasteiger partial charge in [-0.2, -0.15) is 0 Å². The molecule has 1 N–H and O–H groups in total. The third-order valence-electron chi connectivity index (χ3n) is 3.90. The van der Waals surface area contributed by atoms with Crippen LogP contribution in [0.3, 0.4) is 0 Å². The van der Waals surface area contributed by atoms with Crippen molar-refractivity contribution in [2.45, 2.75) is 31.3 Å². The maximum atomic E-state index is 12.5. The molecule has 0 atom stereocenters. The Labute approximate surface area is 105 Å². The molecule has 1 fully saturated rings. The second-order valence-electron chi connectivity index (χ2n) is 4.83. The van der Waals surface area contributed by atoms with Crippen molar-refractivity contribution in [1.29, 1.82) is 0 Å². The summed E-state index contributed by atoms with van der Waals surface area (Å²) in [5.41, 5.74) is 1.28. The number of anilines is 1. The molecule has 1 aromatic carbocycles. The van der Waals surface area contributed by atoms with E-state index in [2.05, 4.69) is 0 Å². The number of hydrogen-bond acceptors (Lipinski definition) is 2. The average molecular weight is 252 g/mol. The average Bonchev–Trinajstić information content (AvgIpc) is 2.50. The van der Waals surface area contributed by atoms with Gasteiger partial charge in [-0.1, -0.05) is 17.7 Å². The number of likely N-dealkylation sites (N-methyl/N-ethyl adjacent to an activating group) is 1. The number of rotatable bonds is 1. The molecule has 1 aliphatic carbocycles. The minimum atomic E-state index is -0.552. The highest BCUT2D eigenvalue weighted by atomic mass is 35.5. The molecule has 1 amide bonds. The van der Waals surface area contributed by atoms with Crippen LogP contribution in [0.4, 0.5) is 5.69 Å². The number of amides is 1. The van der Waals surface area contributed by atoms with Gasteiger partial charge in [0.1, 0.15) is 0 Å². The first-order valence-electron chi connectivity index (χ1n) is 5.89. The Morgan fingerprint density at radius 2 is 2.24 bits per heavy atom. The molecule has 0 radical (unpaired) electrons. The predicted octanol–water partition coefficient (Wildman–Crippen LogP) is 2.10. The Balaban J connectivity index is 2.19. The maximum absolute atomic E-state index is 12.5. The van der Waals surface area contributed by atoms with Crippen molar-refractivity contribution < 1.29 is 9.90 Å². The lowest BCUT2D eigenvalue weighted by Gasteiger charge is -2.41. The zero-order valence-electron chi connectivity index (χ0n) is 9.61. The van der Waals surface area contributed by atoms with Crippen LogP contribution >= 0.6 is 11.6 Å². The van der Waals surface area contributed by atoms with Crippen LogP contribution in [-0.2, 0) is 10.2 Å². The normalized spacial score (nSPS) is 30.6. The summed E-state index contributed by atoms with van der Waals surface area (Å²) in [4.78, 5) is 14.2. The highest BCUT2D eigenvalue weighted by Crippen LogP contribution is 2.55. The molecule has 3 rings (SSSR count). The smallest absolute Gasteiger partial charge is 0.237 e. The van der Waals surface area contributed by atoms with E-state index in [4.69, 9.17) is 11.6 Å². The van der Waals surface area contributed by atoms with Crippen molar-refractivity contribution in [3.63, 3.8) is 0 Å². The number of nitrogens with zero attached hydrogens (tertiary/aromatic N) is 1. The lowest BCUT2D eigenvalue weighted by Crippen LogP contribution is -2.51. The highest BCUT2D eigenvalue weighted by Gasteiger charge is 2.58. The maximum Gasteiger partial charge on any atom is 0.237 e. The zero-order chi connectivity index (χ0) is 12.2. The van der Waals surface area contributed by atoms with Gasteiger partial charge in [0.2, 0.25) is 5.91 Å². The number of halogens is 1. The molecule has 0 bridgehead atoms. The lowest BCUT2D eigenvalue weighted by atomic mass is 9.63. The molecule has 1 aliphatic heterocycles. The van der Waals surface area contributed by atoms with E-state index in [1.165, 1.54) is 0 Å². The Kier molecular flexibility index (Phi) is 2.25. The van der Waals surface area contributed by atoms with E-state index in [1.54, 1.807) is 4.90 Å². The molecule has 90 valence electrons. The number of benzene rings is 1. The molecular formula is C13H14ClNO2. The van der Waals surface area contributed by atoms with Crippen LogP contribution in [0, 0.1) is 0 Å². The topological polar surface area (TPSA) is 40.5 Å². The first-order valence-corrected chi connectivity index (χ1v) is 6.27. The van der Waals surface area contributed by atoms with E-state index >= 15 is 0 Å². The van der Waals surface area contributed by atoms with Gasteiger partial charge in [0.05, 0.1) is 11.5 Å². The summed E-state index contributed by atoms with van der Waals surface area (Å²) < 4.78 is 0. The summed E-state index contributed by atoms with van der Waals surface area (Å²) in [6.45, 7) is 2.60. The molecule has 4 heteroatoms. The fourth-order valence-corrected chi connectivity index (χ4v) is 3.47. The van der Waals surface area contributed by atoms with Crippen molar-refractivity contribution in [1.82, 2.24) is 0 Å². The molecule has 0 unspecified atom stereocenters. The first-order chi connectivity index (χ1) is 8.10. The fourth-order valence-electron chi connectivity index (χ4n) is 3.12. The van der Waals surface area contributed by atoms with Crippen LogP contribution in [0.25, 0.3) is 0 Å². The van der Waals surface area contributed by atoms with Gasteiger partial charge in [-0.25, -0.2) is 0 Å². The second-order valence-corrected chi connectivity index (χ2v) is 5.23. The quantitative estimate of drug-likeness (QED) is 0.830. The van der Waals surface area contributed by atoms with E-state index in [-0.39, 0.29) is 12.0 Å². The van der Waals surface area contributed by atoms with Crippen molar-refractivity contribution in [2.75, 3.05) is 11.4 Å². The summed E-state index contributed by atoms with van der Waals surface area (Å²) in [5, 5.41) is 10.2. The van der Waals surface area contributed by atoms with Crippen molar-refractivity contribution in [3.05, 3.63) is 28.8 Å². The van der Waals surface area contributed by atoms with E-state index in [1.807, 2.05) is 25.1 Å². The van der Waals surface area contributed by atoms with E-state index in [9.17, 15) is 9.90 Å².